The van der Waals surface area contributed by atoms with E-state index in [4.69, 9.17) is 0 Å². The molecule has 2 aliphatic carbocycles. The van der Waals surface area contributed by atoms with Crippen molar-refractivity contribution in [1.82, 2.24) is 9.88 Å². The Bertz CT molecular complexity index is 986. The quantitative estimate of drug-likeness (QED) is 0.636. The van der Waals surface area contributed by atoms with E-state index in [1.807, 2.05) is 12.2 Å². The van der Waals surface area contributed by atoms with Gasteiger partial charge in [-0.1, -0.05) is 12.2 Å². The molecule has 2 aromatic rings. The van der Waals surface area contributed by atoms with Crippen molar-refractivity contribution in [2.75, 3.05) is 11.9 Å². The molecule has 1 saturated heterocycles. The third-order valence-electron chi connectivity index (χ3n) is 5.75. The Balaban J connectivity index is 1.25. The molecule has 142 valence electrons. The zero-order chi connectivity index (χ0) is 19.4. The van der Waals surface area contributed by atoms with Gasteiger partial charge in [-0.15, -0.1) is 11.3 Å². The number of imide groups is 1. The standard InChI is InChI=1S/C20H16FN3O3S/c21-13-5-3-10(4-6-13)14-9-28-20(22-14)23-15(25)8-24-18(26)16-11-1-2-12(7-11)17(16)19(24)27/h1-6,9,11-12,16-17H,7-8H2,(H,22,23,25). The molecule has 1 aromatic heterocycles. The van der Waals surface area contributed by atoms with Crippen LogP contribution in [0.3, 0.4) is 0 Å². The lowest BCUT2D eigenvalue weighted by Gasteiger charge is -2.16. The minimum absolute atomic E-state index is 0.122. The first-order valence-electron chi connectivity index (χ1n) is 9.06. The molecule has 4 atom stereocenters. The number of halogens is 1. The molecule has 3 aliphatic rings. The van der Waals surface area contributed by atoms with Crippen LogP contribution in [0.25, 0.3) is 11.3 Å². The molecule has 2 fully saturated rings. The van der Waals surface area contributed by atoms with Gasteiger partial charge in [0.25, 0.3) is 0 Å². The molecule has 1 N–H and O–H groups in total. The first-order valence-corrected chi connectivity index (χ1v) is 9.94. The van der Waals surface area contributed by atoms with Crippen LogP contribution < -0.4 is 5.32 Å². The maximum Gasteiger partial charge on any atom is 0.246 e. The summed E-state index contributed by atoms with van der Waals surface area (Å²) in [5, 5.41) is 4.77. The number of allylic oxidation sites excluding steroid dienone is 2. The summed E-state index contributed by atoms with van der Waals surface area (Å²) >= 11 is 1.23. The Morgan fingerprint density at radius 2 is 1.79 bits per heavy atom. The summed E-state index contributed by atoms with van der Waals surface area (Å²) in [5.41, 5.74) is 1.35. The molecule has 6 nitrogen and oxygen atoms in total. The van der Waals surface area contributed by atoms with E-state index in [0.717, 1.165) is 16.9 Å². The van der Waals surface area contributed by atoms with Gasteiger partial charge in [0.15, 0.2) is 5.13 Å². The van der Waals surface area contributed by atoms with Crippen LogP contribution in [0.15, 0.2) is 41.8 Å². The van der Waals surface area contributed by atoms with Crippen molar-refractivity contribution < 1.29 is 18.8 Å². The van der Waals surface area contributed by atoms with Gasteiger partial charge in [0.05, 0.1) is 17.5 Å². The summed E-state index contributed by atoms with van der Waals surface area (Å²) in [4.78, 5) is 43.1. The summed E-state index contributed by atoms with van der Waals surface area (Å²) in [6.07, 6.45) is 4.90. The molecule has 1 saturated carbocycles. The Hall–Kier alpha value is -2.87. The van der Waals surface area contributed by atoms with Crippen LogP contribution in [0.2, 0.25) is 0 Å². The Labute approximate surface area is 164 Å². The normalized spacial score (nSPS) is 27.5. The van der Waals surface area contributed by atoms with Gasteiger partial charge in [-0.2, -0.15) is 0 Å². The van der Waals surface area contributed by atoms with E-state index < -0.39 is 5.91 Å². The molecule has 3 amide bonds. The van der Waals surface area contributed by atoms with Gasteiger partial charge in [-0.05, 0) is 42.5 Å². The second-order valence-electron chi connectivity index (χ2n) is 7.36. The number of aromatic nitrogens is 1. The fourth-order valence-corrected chi connectivity index (χ4v) is 5.24. The largest absolute Gasteiger partial charge is 0.300 e. The number of amides is 3. The van der Waals surface area contributed by atoms with Crippen LogP contribution in [-0.2, 0) is 14.4 Å². The predicted octanol–water partition coefficient (Wildman–Crippen LogP) is 2.69. The van der Waals surface area contributed by atoms with Crippen molar-refractivity contribution in [3.63, 3.8) is 0 Å². The number of hydrogen-bond acceptors (Lipinski definition) is 5. The number of thiazole rings is 1. The van der Waals surface area contributed by atoms with Gasteiger partial charge >= 0.3 is 0 Å². The maximum absolute atomic E-state index is 13.0. The first-order chi connectivity index (χ1) is 13.5. The van der Waals surface area contributed by atoms with E-state index in [2.05, 4.69) is 10.3 Å². The number of nitrogens with zero attached hydrogens (tertiary/aromatic N) is 2. The van der Waals surface area contributed by atoms with Crippen LogP contribution in [0.5, 0.6) is 0 Å². The molecule has 28 heavy (non-hydrogen) atoms. The summed E-state index contributed by atoms with van der Waals surface area (Å²) in [6.45, 7) is -0.296. The summed E-state index contributed by atoms with van der Waals surface area (Å²) in [5.74, 6) is -1.64. The maximum atomic E-state index is 13.0. The summed E-state index contributed by atoms with van der Waals surface area (Å²) in [7, 11) is 0. The number of carbonyl (C=O) groups excluding carboxylic acids is 3. The Morgan fingerprint density at radius 3 is 2.43 bits per heavy atom. The molecular weight excluding hydrogens is 381 g/mol. The molecule has 0 radical (unpaired) electrons. The third-order valence-corrected chi connectivity index (χ3v) is 6.51. The molecule has 0 spiro atoms. The minimum Gasteiger partial charge on any atom is -0.300 e. The lowest BCUT2D eigenvalue weighted by Crippen LogP contribution is -2.39. The van der Waals surface area contributed by atoms with Gasteiger partial charge < -0.3 is 5.32 Å². The van der Waals surface area contributed by atoms with E-state index in [1.165, 1.54) is 23.5 Å². The lowest BCUT2D eigenvalue weighted by atomic mass is 9.85. The van der Waals surface area contributed by atoms with Crippen molar-refractivity contribution in [2.45, 2.75) is 6.42 Å². The van der Waals surface area contributed by atoms with E-state index in [-0.39, 0.29) is 47.8 Å². The number of fused-ring (bicyclic) bond motifs is 5. The van der Waals surface area contributed by atoms with Crippen molar-refractivity contribution >= 4 is 34.2 Å². The number of benzene rings is 1. The Kier molecular flexibility index (Phi) is 3.90. The SMILES string of the molecule is O=C(CN1C(=O)C2C3C=CC(C3)C2C1=O)Nc1nc(-c2ccc(F)cc2)cs1. The number of likely N-dealkylation sites (tertiary alicyclic amines) is 1. The average molecular weight is 397 g/mol. The van der Waals surface area contributed by atoms with Crippen LogP contribution in [-0.4, -0.2) is 34.2 Å². The van der Waals surface area contributed by atoms with E-state index in [9.17, 15) is 18.8 Å². The van der Waals surface area contributed by atoms with Crippen molar-refractivity contribution in [1.29, 1.82) is 0 Å². The fourth-order valence-electron chi connectivity index (χ4n) is 4.51. The average Bonchev–Trinajstić information content (AvgIpc) is 3.44. The molecule has 8 heteroatoms. The highest BCUT2D eigenvalue weighted by atomic mass is 32.1. The predicted molar refractivity (Wildman–Crippen MR) is 101 cm³/mol. The van der Waals surface area contributed by atoms with Crippen molar-refractivity contribution in [2.24, 2.45) is 23.7 Å². The van der Waals surface area contributed by atoms with E-state index in [0.29, 0.717) is 10.8 Å². The van der Waals surface area contributed by atoms with Crippen LogP contribution in [0.1, 0.15) is 6.42 Å². The third kappa shape index (κ3) is 2.67. The molecular formula is C20H16FN3O3S. The summed E-state index contributed by atoms with van der Waals surface area (Å²) in [6, 6.07) is 5.91. The van der Waals surface area contributed by atoms with Crippen LogP contribution in [0.4, 0.5) is 9.52 Å². The van der Waals surface area contributed by atoms with Crippen molar-refractivity contribution in [3.05, 3.63) is 47.6 Å². The second kappa shape index (κ2) is 6.34. The van der Waals surface area contributed by atoms with Gasteiger partial charge in [-0.25, -0.2) is 9.37 Å². The minimum atomic E-state index is -0.456. The number of anilines is 1. The first kappa shape index (κ1) is 17.2. The number of rotatable bonds is 4. The molecule has 1 aromatic carbocycles. The number of nitrogens with one attached hydrogen (secondary N) is 1. The molecule has 2 bridgehead atoms. The number of hydrogen-bond donors (Lipinski definition) is 1. The fraction of sp³-hybridized carbons (Fsp3) is 0.300. The Morgan fingerprint density at radius 1 is 1.14 bits per heavy atom. The zero-order valence-corrected chi connectivity index (χ0v) is 15.5. The highest BCUT2D eigenvalue weighted by Gasteiger charge is 2.59. The summed E-state index contributed by atoms with van der Waals surface area (Å²) < 4.78 is 13.0. The number of carbonyl (C=O) groups is 3. The van der Waals surface area contributed by atoms with E-state index >= 15 is 0 Å². The van der Waals surface area contributed by atoms with Crippen LogP contribution >= 0.6 is 11.3 Å². The molecule has 5 rings (SSSR count). The zero-order valence-electron chi connectivity index (χ0n) is 14.7. The second-order valence-corrected chi connectivity index (χ2v) is 8.21. The van der Waals surface area contributed by atoms with Gasteiger partial charge in [-0.3, -0.25) is 19.3 Å². The van der Waals surface area contributed by atoms with Gasteiger partial charge in [0, 0.05) is 10.9 Å². The lowest BCUT2D eigenvalue weighted by molar-refractivity contribution is -0.143. The van der Waals surface area contributed by atoms with Gasteiger partial charge in [0.1, 0.15) is 12.4 Å². The highest BCUT2D eigenvalue weighted by molar-refractivity contribution is 7.14. The molecule has 1 aliphatic heterocycles. The molecule has 2 heterocycles. The van der Waals surface area contributed by atoms with Crippen LogP contribution in [0, 0.1) is 29.5 Å². The topological polar surface area (TPSA) is 79.4 Å². The molecule has 4 unspecified atom stereocenters. The smallest absolute Gasteiger partial charge is 0.246 e. The van der Waals surface area contributed by atoms with Crippen molar-refractivity contribution in [3.8, 4) is 11.3 Å². The monoisotopic (exact) mass is 397 g/mol. The van der Waals surface area contributed by atoms with Gasteiger partial charge in [0.2, 0.25) is 17.7 Å². The van der Waals surface area contributed by atoms with E-state index in [1.54, 1.807) is 17.5 Å². The highest BCUT2D eigenvalue weighted by Crippen LogP contribution is 2.52.